The molecule has 0 unspecified atom stereocenters. The summed E-state index contributed by atoms with van der Waals surface area (Å²) >= 11 is 3.21. The van der Waals surface area contributed by atoms with Crippen LogP contribution in [0.15, 0.2) is 15.7 Å². The summed E-state index contributed by atoms with van der Waals surface area (Å²) in [6.07, 6.45) is 3.14. The van der Waals surface area contributed by atoms with E-state index in [1.807, 2.05) is 0 Å². The first-order chi connectivity index (χ1) is 9.57. The molecule has 0 radical (unpaired) electrons. The van der Waals surface area contributed by atoms with Gasteiger partial charge >= 0.3 is 0 Å². The van der Waals surface area contributed by atoms with Gasteiger partial charge in [-0.25, -0.2) is 0 Å². The Morgan fingerprint density at radius 2 is 2.45 bits per heavy atom. The van der Waals surface area contributed by atoms with Crippen LogP contribution in [0.5, 0.6) is 0 Å². The van der Waals surface area contributed by atoms with Crippen molar-refractivity contribution in [2.24, 2.45) is 5.16 Å². The van der Waals surface area contributed by atoms with Crippen LogP contribution in [0.1, 0.15) is 26.2 Å². The quantitative estimate of drug-likeness (QED) is 0.611. The number of epoxide rings is 1. The Bertz CT molecular complexity index is 530. The molecular weight excluding hydrogens is 328 g/mol. The predicted molar refractivity (Wildman–Crippen MR) is 74.5 cm³/mol. The number of carbonyl (C=O) groups excluding carboxylic acids is 2. The summed E-state index contributed by atoms with van der Waals surface area (Å²) in [7, 11) is 0. The highest BCUT2D eigenvalue weighted by atomic mass is 79.9. The molecule has 1 spiro atoms. The van der Waals surface area contributed by atoms with Crippen molar-refractivity contribution in [1.29, 1.82) is 0 Å². The van der Waals surface area contributed by atoms with E-state index in [4.69, 9.17) is 9.57 Å². The van der Waals surface area contributed by atoms with E-state index in [1.54, 1.807) is 6.08 Å². The van der Waals surface area contributed by atoms with Crippen molar-refractivity contribution in [2.45, 2.75) is 44.0 Å². The summed E-state index contributed by atoms with van der Waals surface area (Å²) < 4.78 is 5.79. The number of ketones is 1. The molecule has 2 aliphatic heterocycles. The van der Waals surface area contributed by atoms with Crippen LogP contribution < -0.4 is 5.32 Å². The number of ether oxygens (including phenoxy) is 1. The number of unbranched alkanes of at least 4 members (excludes halogenated alkanes) is 1. The molecule has 0 aromatic carbocycles. The van der Waals surface area contributed by atoms with Crippen molar-refractivity contribution in [2.75, 3.05) is 6.54 Å². The van der Waals surface area contributed by atoms with Gasteiger partial charge in [-0.05, 0) is 28.4 Å². The van der Waals surface area contributed by atoms with Gasteiger partial charge in [0.2, 0.25) is 5.78 Å². The summed E-state index contributed by atoms with van der Waals surface area (Å²) in [6, 6.07) is 0. The minimum Gasteiger partial charge on any atom is -0.381 e. The first-order valence-corrected chi connectivity index (χ1v) is 7.48. The van der Waals surface area contributed by atoms with Gasteiger partial charge in [-0.15, -0.1) is 0 Å². The lowest BCUT2D eigenvalue weighted by molar-refractivity contribution is -0.116. The van der Waals surface area contributed by atoms with Gasteiger partial charge in [0.05, 0.1) is 4.48 Å². The van der Waals surface area contributed by atoms with Gasteiger partial charge in [-0.2, -0.15) is 0 Å². The van der Waals surface area contributed by atoms with Crippen molar-refractivity contribution >= 4 is 33.3 Å². The molecule has 0 aromatic heterocycles. The van der Waals surface area contributed by atoms with E-state index in [-0.39, 0.29) is 17.8 Å². The van der Waals surface area contributed by atoms with Crippen molar-refractivity contribution in [3.63, 3.8) is 0 Å². The third kappa shape index (κ3) is 2.18. The van der Waals surface area contributed by atoms with E-state index in [0.717, 1.165) is 12.8 Å². The molecule has 3 atom stereocenters. The molecular formula is C13H15BrN2O4. The summed E-state index contributed by atoms with van der Waals surface area (Å²) in [4.78, 5) is 29.1. The van der Waals surface area contributed by atoms with E-state index in [0.29, 0.717) is 23.2 Å². The highest BCUT2D eigenvalue weighted by Gasteiger charge is 2.65. The molecule has 1 aliphatic carbocycles. The lowest BCUT2D eigenvalue weighted by Gasteiger charge is -2.23. The molecule has 2 heterocycles. The number of nitrogens with one attached hydrogen (secondary N) is 1. The van der Waals surface area contributed by atoms with Gasteiger partial charge in [0, 0.05) is 13.0 Å². The Morgan fingerprint density at radius 1 is 1.65 bits per heavy atom. The van der Waals surface area contributed by atoms with Crippen LogP contribution in [0.25, 0.3) is 0 Å². The second kappa shape index (κ2) is 4.96. The molecule has 1 fully saturated rings. The van der Waals surface area contributed by atoms with Crippen molar-refractivity contribution < 1.29 is 19.2 Å². The Labute approximate surface area is 124 Å². The van der Waals surface area contributed by atoms with Gasteiger partial charge in [0.1, 0.15) is 11.8 Å². The number of hydrogen-bond acceptors (Lipinski definition) is 5. The normalized spacial score (nSPS) is 34.2. The molecule has 7 heteroatoms. The van der Waals surface area contributed by atoms with Gasteiger partial charge < -0.3 is 14.9 Å². The standard InChI is InChI=1S/C13H15BrN2O4/c1-2-3-4-15-12(18)8-6-13(20-16-8)5-7(14)9(17)10-11(13)19-10/h5,10-11H,2-4,6H2,1H3,(H,15,18)/t10-,11-,13-/m1/s1. The van der Waals surface area contributed by atoms with E-state index < -0.39 is 11.7 Å². The molecule has 3 rings (SSSR count). The van der Waals surface area contributed by atoms with Crippen LogP contribution in [0, 0.1) is 0 Å². The zero-order chi connectivity index (χ0) is 14.3. The summed E-state index contributed by atoms with van der Waals surface area (Å²) in [5.74, 6) is -0.293. The first kappa shape index (κ1) is 13.8. The molecule has 20 heavy (non-hydrogen) atoms. The molecule has 1 saturated heterocycles. The lowest BCUT2D eigenvalue weighted by Crippen LogP contribution is -2.41. The second-order valence-corrected chi connectivity index (χ2v) is 6.06. The molecule has 0 bridgehead atoms. The fourth-order valence-electron chi connectivity index (χ4n) is 2.49. The minimum atomic E-state index is -0.811. The first-order valence-electron chi connectivity index (χ1n) is 6.68. The van der Waals surface area contributed by atoms with Crippen LogP contribution in [0.3, 0.4) is 0 Å². The van der Waals surface area contributed by atoms with Crippen LogP contribution in [-0.4, -0.2) is 41.8 Å². The van der Waals surface area contributed by atoms with E-state index >= 15 is 0 Å². The molecule has 6 nitrogen and oxygen atoms in total. The lowest BCUT2D eigenvalue weighted by atomic mass is 9.86. The van der Waals surface area contributed by atoms with Crippen LogP contribution in [-0.2, 0) is 19.2 Å². The average Bonchev–Trinajstić information content (AvgIpc) is 3.14. The van der Waals surface area contributed by atoms with Gasteiger partial charge in [-0.1, -0.05) is 18.5 Å². The summed E-state index contributed by atoms with van der Waals surface area (Å²) in [6.45, 7) is 2.69. The summed E-state index contributed by atoms with van der Waals surface area (Å²) in [5, 5.41) is 6.68. The zero-order valence-electron chi connectivity index (χ0n) is 11.0. The van der Waals surface area contributed by atoms with Gasteiger partial charge in [0.15, 0.2) is 11.7 Å². The Hall–Kier alpha value is -1.21. The number of halogens is 1. The molecule has 108 valence electrons. The van der Waals surface area contributed by atoms with Gasteiger partial charge in [-0.3, -0.25) is 9.59 Å². The van der Waals surface area contributed by atoms with Crippen molar-refractivity contribution in [3.05, 3.63) is 10.6 Å². The van der Waals surface area contributed by atoms with Crippen LogP contribution >= 0.6 is 15.9 Å². The number of oxime groups is 1. The number of fused-ring (bicyclic) bond motifs is 2. The Balaban J connectivity index is 1.67. The van der Waals surface area contributed by atoms with Crippen molar-refractivity contribution in [1.82, 2.24) is 5.32 Å². The zero-order valence-corrected chi connectivity index (χ0v) is 12.6. The van der Waals surface area contributed by atoms with E-state index in [1.165, 1.54) is 0 Å². The average molecular weight is 343 g/mol. The molecule has 0 saturated carbocycles. The van der Waals surface area contributed by atoms with Crippen LogP contribution in [0.2, 0.25) is 0 Å². The third-order valence-corrected chi connectivity index (χ3v) is 4.31. The number of Topliss-reactive ketones (excluding diaryl/α,β-unsaturated/α-hetero) is 1. The smallest absolute Gasteiger partial charge is 0.269 e. The number of carbonyl (C=O) groups is 2. The second-order valence-electron chi connectivity index (χ2n) is 5.20. The van der Waals surface area contributed by atoms with Gasteiger partial charge in [0.25, 0.3) is 5.91 Å². The topological polar surface area (TPSA) is 80.3 Å². The maximum Gasteiger partial charge on any atom is 0.269 e. The minimum absolute atomic E-state index is 0.0786. The fraction of sp³-hybridized carbons (Fsp3) is 0.615. The van der Waals surface area contributed by atoms with E-state index in [2.05, 4.69) is 33.3 Å². The maximum absolute atomic E-state index is 12.0. The molecule has 1 amide bonds. The highest BCUT2D eigenvalue weighted by molar-refractivity contribution is 9.12. The predicted octanol–water partition coefficient (Wildman–Crippen LogP) is 1.05. The Kier molecular flexibility index (Phi) is 3.41. The number of rotatable bonds is 4. The number of hydrogen-bond donors (Lipinski definition) is 1. The maximum atomic E-state index is 12.0. The largest absolute Gasteiger partial charge is 0.381 e. The van der Waals surface area contributed by atoms with E-state index in [9.17, 15) is 9.59 Å². The van der Waals surface area contributed by atoms with Crippen LogP contribution in [0.4, 0.5) is 0 Å². The number of nitrogens with zero attached hydrogens (tertiary/aromatic N) is 1. The molecule has 3 aliphatic rings. The summed E-state index contributed by atoms with van der Waals surface area (Å²) in [5.41, 5.74) is -0.462. The molecule has 1 N–H and O–H groups in total. The third-order valence-electron chi connectivity index (χ3n) is 3.69. The number of amides is 1. The Morgan fingerprint density at radius 3 is 3.20 bits per heavy atom. The monoisotopic (exact) mass is 342 g/mol. The molecule has 0 aromatic rings. The fourth-order valence-corrected chi connectivity index (χ4v) is 3.10. The van der Waals surface area contributed by atoms with Crippen molar-refractivity contribution in [3.8, 4) is 0 Å². The highest BCUT2D eigenvalue weighted by Crippen LogP contribution is 2.47. The SMILES string of the molecule is CCCCNC(=O)C1=NO[C@]2(C=C(Br)C(=O)[C@H]3O[C@H]32)C1.